The lowest BCUT2D eigenvalue weighted by molar-refractivity contribution is -0.126. The molecule has 0 spiro atoms. The number of hydrogen-bond donors (Lipinski definition) is 2. The maximum absolute atomic E-state index is 11.9. The van der Waals surface area contributed by atoms with Crippen LogP contribution in [0.25, 0.3) is 0 Å². The van der Waals surface area contributed by atoms with Gasteiger partial charge < -0.3 is 10.6 Å². The van der Waals surface area contributed by atoms with E-state index >= 15 is 0 Å². The predicted octanol–water partition coefficient (Wildman–Crippen LogP) is 0.716. The van der Waals surface area contributed by atoms with E-state index in [1.54, 1.807) is 7.05 Å². The molecule has 1 heterocycles. The highest BCUT2D eigenvalue weighted by Gasteiger charge is 2.34. The summed E-state index contributed by atoms with van der Waals surface area (Å²) in [6.07, 6.45) is 0.675. The lowest BCUT2D eigenvalue weighted by atomic mass is 10.2. The monoisotopic (exact) mass is 247 g/mol. The molecule has 96 valence electrons. The van der Waals surface area contributed by atoms with Crippen LogP contribution in [-0.2, 0) is 11.3 Å². The SMILES string of the molecule is CN[C@H]1CCN(C(=O)NCc2ccccc2)C1=O. The van der Waals surface area contributed by atoms with Crippen LogP contribution in [0.1, 0.15) is 12.0 Å². The minimum Gasteiger partial charge on any atom is -0.334 e. The van der Waals surface area contributed by atoms with Crippen LogP contribution < -0.4 is 10.6 Å². The van der Waals surface area contributed by atoms with E-state index < -0.39 is 0 Å². The Kier molecular flexibility index (Phi) is 3.94. The molecule has 2 rings (SSSR count). The highest BCUT2D eigenvalue weighted by Crippen LogP contribution is 2.11. The van der Waals surface area contributed by atoms with Crippen LogP contribution in [0.2, 0.25) is 0 Å². The van der Waals surface area contributed by atoms with Crippen molar-refractivity contribution >= 4 is 11.9 Å². The van der Waals surface area contributed by atoms with Gasteiger partial charge in [0.05, 0.1) is 6.04 Å². The van der Waals surface area contributed by atoms with Gasteiger partial charge in [0.25, 0.3) is 0 Å². The molecule has 1 atom stereocenters. The summed E-state index contributed by atoms with van der Waals surface area (Å²) >= 11 is 0. The molecule has 0 unspecified atom stereocenters. The zero-order valence-corrected chi connectivity index (χ0v) is 10.3. The number of amides is 3. The maximum atomic E-state index is 11.9. The largest absolute Gasteiger partial charge is 0.334 e. The van der Waals surface area contributed by atoms with Gasteiger partial charge in [-0.15, -0.1) is 0 Å². The van der Waals surface area contributed by atoms with Crippen molar-refractivity contribution in [3.05, 3.63) is 35.9 Å². The fourth-order valence-corrected chi connectivity index (χ4v) is 2.02. The normalized spacial score (nSPS) is 19.1. The Balaban J connectivity index is 1.88. The summed E-state index contributed by atoms with van der Waals surface area (Å²) in [6.45, 7) is 0.915. The quantitative estimate of drug-likeness (QED) is 0.827. The molecular formula is C13H17N3O2. The summed E-state index contributed by atoms with van der Waals surface area (Å²) in [4.78, 5) is 24.9. The molecule has 18 heavy (non-hydrogen) atoms. The summed E-state index contributed by atoms with van der Waals surface area (Å²) in [6, 6.07) is 9.07. The number of nitrogens with one attached hydrogen (secondary N) is 2. The van der Waals surface area contributed by atoms with Crippen LogP contribution in [0, 0.1) is 0 Å². The predicted molar refractivity (Wildman–Crippen MR) is 67.9 cm³/mol. The number of likely N-dealkylation sites (tertiary alicyclic amines) is 1. The molecular weight excluding hydrogens is 230 g/mol. The van der Waals surface area contributed by atoms with Gasteiger partial charge >= 0.3 is 6.03 Å². The fraction of sp³-hybridized carbons (Fsp3) is 0.385. The van der Waals surface area contributed by atoms with Crippen LogP contribution in [0.4, 0.5) is 4.79 Å². The van der Waals surface area contributed by atoms with Crippen molar-refractivity contribution < 1.29 is 9.59 Å². The van der Waals surface area contributed by atoms with Gasteiger partial charge in [-0.2, -0.15) is 0 Å². The smallest absolute Gasteiger partial charge is 0.324 e. The fourth-order valence-electron chi connectivity index (χ4n) is 2.02. The summed E-state index contributed by atoms with van der Waals surface area (Å²) in [5, 5.41) is 5.66. The van der Waals surface area contributed by atoms with Gasteiger partial charge in [-0.1, -0.05) is 30.3 Å². The lowest BCUT2D eigenvalue weighted by Crippen LogP contribution is -2.44. The van der Waals surface area contributed by atoms with Crippen LogP contribution in [0.15, 0.2) is 30.3 Å². The molecule has 3 amide bonds. The summed E-state index contributed by atoms with van der Waals surface area (Å²) in [5.41, 5.74) is 1.02. The highest BCUT2D eigenvalue weighted by atomic mass is 16.2. The molecule has 0 aliphatic carbocycles. The number of nitrogens with zero attached hydrogens (tertiary/aromatic N) is 1. The van der Waals surface area contributed by atoms with Gasteiger partial charge in [-0.05, 0) is 19.0 Å². The van der Waals surface area contributed by atoms with Crippen molar-refractivity contribution in [3.63, 3.8) is 0 Å². The van der Waals surface area contributed by atoms with Crippen LogP contribution >= 0.6 is 0 Å². The molecule has 0 aromatic heterocycles. The Hall–Kier alpha value is -1.88. The second-order valence-electron chi connectivity index (χ2n) is 4.26. The average Bonchev–Trinajstić information content (AvgIpc) is 2.78. The first kappa shape index (κ1) is 12.6. The van der Waals surface area contributed by atoms with Crippen molar-refractivity contribution in [2.75, 3.05) is 13.6 Å². The second kappa shape index (κ2) is 5.64. The van der Waals surface area contributed by atoms with E-state index in [4.69, 9.17) is 0 Å². The molecule has 0 saturated carbocycles. The van der Waals surface area contributed by atoms with E-state index in [2.05, 4.69) is 10.6 Å². The third-order valence-electron chi connectivity index (χ3n) is 3.09. The van der Waals surface area contributed by atoms with Crippen LogP contribution in [-0.4, -0.2) is 36.5 Å². The molecule has 1 saturated heterocycles. The van der Waals surface area contributed by atoms with Crippen molar-refractivity contribution in [1.82, 2.24) is 15.5 Å². The molecule has 1 aliphatic rings. The number of hydrogen-bond acceptors (Lipinski definition) is 3. The van der Waals surface area contributed by atoms with E-state index in [-0.39, 0.29) is 18.0 Å². The third kappa shape index (κ3) is 2.68. The van der Waals surface area contributed by atoms with Gasteiger partial charge in [-0.25, -0.2) is 4.79 Å². The molecule has 1 fully saturated rings. The Labute approximate surface area is 106 Å². The third-order valence-corrected chi connectivity index (χ3v) is 3.09. The maximum Gasteiger partial charge on any atom is 0.324 e. The first-order valence-electron chi connectivity index (χ1n) is 6.03. The number of carbonyl (C=O) groups excluding carboxylic acids is 2. The first-order chi connectivity index (χ1) is 8.72. The van der Waals surface area contributed by atoms with E-state index in [9.17, 15) is 9.59 Å². The second-order valence-corrected chi connectivity index (χ2v) is 4.26. The molecule has 0 radical (unpaired) electrons. The number of carbonyl (C=O) groups is 2. The van der Waals surface area contributed by atoms with Gasteiger partial charge in [-0.3, -0.25) is 9.69 Å². The molecule has 1 aromatic rings. The van der Waals surface area contributed by atoms with Crippen LogP contribution in [0.5, 0.6) is 0 Å². The Morgan fingerprint density at radius 3 is 2.72 bits per heavy atom. The van der Waals surface area contributed by atoms with Crippen molar-refractivity contribution in [2.24, 2.45) is 0 Å². The van der Waals surface area contributed by atoms with Gasteiger partial charge in [0, 0.05) is 13.1 Å². The van der Waals surface area contributed by atoms with E-state index in [1.165, 1.54) is 4.90 Å². The van der Waals surface area contributed by atoms with Gasteiger partial charge in [0.1, 0.15) is 0 Å². The first-order valence-corrected chi connectivity index (χ1v) is 6.03. The number of imide groups is 1. The van der Waals surface area contributed by atoms with E-state index in [1.807, 2.05) is 30.3 Å². The van der Waals surface area contributed by atoms with Crippen molar-refractivity contribution in [2.45, 2.75) is 19.0 Å². The highest BCUT2D eigenvalue weighted by molar-refractivity contribution is 5.98. The molecule has 5 nitrogen and oxygen atoms in total. The minimum absolute atomic E-state index is 0.150. The summed E-state index contributed by atoms with van der Waals surface area (Å²) < 4.78 is 0. The number of benzene rings is 1. The van der Waals surface area contributed by atoms with Gasteiger partial charge in [0.15, 0.2) is 0 Å². The number of rotatable bonds is 3. The molecule has 1 aliphatic heterocycles. The Morgan fingerprint density at radius 2 is 2.11 bits per heavy atom. The standard InChI is InChI=1S/C13H17N3O2/c1-14-11-7-8-16(12(11)17)13(18)15-9-10-5-3-2-4-6-10/h2-6,11,14H,7-9H2,1H3,(H,15,18)/t11-/m0/s1. The summed E-state index contributed by atoms with van der Waals surface area (Å²) in [7, 11) is 1.73. The lowest BCUT2D eigenvalue weighted by Gasteiger charge is -2.15. The number of likely N-dealkylation sites (N-methyl/N-ethyl adjacent to an activating group) is 1. The molecule has 2 N–H and O–H groups in total. The average molecular weight is 247 g/mol. The molecule has 0 bridgehead atoms. The molecule has 1 aromatic carbocycles. The summed E-state index contributed by atoms with van der Waals surface area (Å²) in [5.74, 6) is -0.150. The zero-order valence-electron chi connectivity index (χ0n) is 10.3. The topological polar surface area (TPSA) is 61.4 Å². The van der Waals surface area contributed by atoms with Crippen molar-refractivity contribution in [3.8, 4) is 0 Å². The molecule has 5 heteroatoms. The van der Waals surface area contributed by atoms with Gasteiger partial charge in [0.2, 0.25) is 5.91 Å². The minimum atomic E-state index is -0.318. The van der Waals surface area contributed by atoms with E-state index in [0.29, 0.717) is 19.5 Å². The van der Waals surface area contributed by atoms with E-state index in [0.717, 1.165) is 5.56 Å². The van der Waals surface area contributed by atoms with Crippen LogP contribution in [0.3, 0.4) is 0 Å². The van der Waals surface area contributed by atoms with Crippen molar-refractivity contribution in [1.29, 1.82) is 0 Å². The zero-order chi connectivity index (χ0) is 13.0. The number of urea groups is 1. The Bertz CT molecular complexity index is 433. The Morgan fingerprint density at radius 1 is 1.39 bits per heavy atom.